The Balaban J connectivity index is 2.15. The molecular formula is C13H20ClN3O3. The van der Waals surface area contributed by atoms with Crippen molar-refractivity contribution in [1.82, 2.24) is 14.7 Å². The van der Waals surface area contributed by atoms with E-state index >= 15 is 0 Å². The van der Waals surface area contributed by atoms with Gasteiger partial charge in [0, 0.05) is 20.1 Å². The van der Waals surface area contributed by atoms with E-state index < -0.39 is 6.10 Å². The number of likely N-dealkylation sites (tertiary alicyclic amines) is 1. The molecule has 1 fully saturated rings. The maximum absolute atomic E-state index is 12.5. The first-order valence-electron chi connectivity index (χ1n) is 6.63. The molecule has 112 valence electrons. The van der Waals surface area contributed by atoms with Gasteiger partial charge in [0.05, 0.1) is 22.9 Å². The topological polar surface area (TPSA) is 67.6 Å². The van der Waals surface area contributed by atoms with Crippen LogP contribution in [0.15, 0.2) is 0 Å². The third kappa shape index (κ3) is 2.82. The molecule has 0 aliphatic carbocycles. The zero-order valence-electron chi connectivity index (χ0n) is 12.1. The van der Waals surface area contributed by atoms with Crippen LogP contribution in [-0.2, 0) is 11.8 Å². The number of carbonyl (C=O) groups is 1. The Morgan fingerprint density at radius 2 is 2.15 bits per heavy atom. The number of amides is 1. The second-order valence-electron chi connectivity index (χ2n) is 5.37. The summed E-state index contributed by atoms with van der Waals surface area (Å²) in [6, 6.07) is 0. The Morgan fingerprint density at radius 3 is 2.65 bits per heavy atom. The fraction of sp³-hybridized carbons (Fsp3) is 0.692. The highest BCUT2D eigenvalue weighted by molar-refractivity contribution is 6.34. The zero-order valence-corrected chi connectivity index (χ0v) is 12.9. The van der Waals surface area contributed by atoms with E-state index in [0.717, 1.165) is 0 Å². The number of aliphatic hydroxyl groups excluding tert-OH is 1. The van der Waals surface area contributed by atoms with E-state index in [9.17, 15) is 9.90 Å². The summed E-state index contributed by atoms with van der Waals surface area (Å²) >= 11 is 6.12. The number of halogens is 1. The number of aromatic nitrogens is 2. The molecule has 1 aromatic heterocycles. The molecule has 7 heteroatoms. The molecule has 1 aliphatic heterocycles. The van der Waals surface area contributed by atoms with Crippen molar-refractivity contribution in [3.05, 3.63) is 16.4 Å². The van der Waals surface area contributed by atoms with Crippen LogP contribution in [0.3, 0.4) is 0 Å². The van der Waals surface area contributed by atoms with Crippen LogP contribution in [0.25, 0.3) is 0 Å². The largest absolute Gasteiger partial charge is 0.388 e. The summed E-state index contributed by atoms with van der Waals surface area (Å²) in [5.74, 6) is -0.230. The van der Waals surface area contributed by atoms with Crippen LogP contribution < -0.4 is 0 Å². The number of carbonyl (C=O) groups excluding carboxylic acids is 1. The Morgan fingerprint density at radius 1 is 1.50 bits per heavy atom. The summed E-state index contributed by atoms with van der Waals surface area (Å²) in [7, 11) is 1.68. The zero-order chi connectivity index (χ0) is 15.0. The summed E-state index contributed by atoms with van der Waals surface area (Å²) in [5, 5.41) is 14.5. The van der Waals surface area contributed by atoms with Gasteiger partial charge < -0.3 is 14.7 Å². The highest BCUT2D eigenvalue weighted by atomic mass is 35.5. The van der Waals surface area contributed by atoms with Gasteiger partial charge in [0.25, 0.3) is 5.91 Å². The van der Waals surface area contributed by atoms with E-state index in [1.165, 1.54) is 4.68 Å². The fourth-order valence-corrected chi connectivity index (χ4v) is 2.66. The number of rotatable bonds is 3. The first kappa shape index (κ1) is 15.3. The third-order valence-electron chi connectivity index (χ3n) is 3.32. The summed E-state index contributed by atoms with van der Waals surface area (Å²) in [6.07, 6.45) is -1.02. The lowest BCUT2D eigenvalue weighted by atomic mass is 10.2. The van der Waals surface area contributed by atoms with Gasteiger partial charge in [-0.3, -0.25) is 9.48 Å². The van der Waals surface area contributed by atoms with Gasteiger partial charge in [-0.05, 0) is 20.8 Å². The number of hydrogen-bond donors (Lipinski definition) is 1. The van der Waals surface area contributed by atoms with Crippen LogP contribution in [0.5, 0.6) is 0 Å². The average molecular weight is 302 g/mol. The molecule has 0 aromatic carbocycles. The van der Waals surface area contributed by atoms with E-state index in [2.05, 4.69) is 5.10 Å². The maximum atomic E-state index is 12.5. The summed E-state index contributed by atoms with van der Waals surface area (Å²) < 4.78 is 7.08. The molecule has 1 N–H and O–H groups in total. The van der Waals surface area contributed by atoms with Crippen LogP contribution >= 0.6 is 11.6 Å². The number of nitrogens with zero attached hydrogens (tertiary/aromatic N) is 3. The highest BCUT2D eigenvalue weighted by Gasteiger charge is 2.37. The Hall–Kier alpha value is -1.11. The summed E-state index contributed by atoms with van der Waals surface area (Å²) in [6.45, 7) is 6.16. The fourth-order valence-electron chi connectivity index (χ4n) is 2.42. The van der Waals surface area contributed by atoms with Crippen LogP contribution in [0.2, 0.25) is 5.02 Å². The number of aliphatic hydroxyl groups is 1. The summed E-state index contributed by atoms with van der Waals surface area (Å²) in [4.78, 5) is 14.0. The lowest BCUT2D eigenvalue weighted by Crippen LogP contribution is -2.32. The van der Waals surface area contributed by atoms with Crippen LogP contribution in [0.4, 0.5) is 0 Å². The molecule has 1 aromatic rings. The first-order chi connectivity index (χ1) is 9.31. The molecule has 2 atom stereocenters. The van der Waals surface area contributed by atoms with Gasteiger partial charge in [0.2, 0.25) is 0 Å². The Bertz CT molecular complexity index is 515. The van der Waals surface area contributed by atoms with Gasteiger partial charge >= 0.3 is 0 Å². The first-order valence-corrected chi connectivity index (χ1v) is 7.01. The third-order valence-corrected chi connectivity index (χ3v) is 3.78. The van der Waals surface area contributed by atoms with E-state index in [-0.39, 0.29) is 24.7 Å². The molecule has 0 bridgehead atoms. The molecule has 0 unspecified atom stereocenters. The van der Waals surface area contributed by atoms with Gasteiger partial charge in [-0.1, -0.05) is 11.6 Å². The SMILES string of the molecule is Cc1nn(C)c(C(=O)N2C[C@H](OC(C)C)[C@@H](O)C2)c1Cl. The highest BCUT2D eigenvalue weighted by Crippen LogP contribution is 2.24. The lowest BCUT2D eigenvalue weighted by molar-refractivity contribution is -0.0394. The molecule has 1 saturated heterocycles. The van der Waals surface area contributed by atoms with E-state index in [1.54, 1.807) is 18.9 Å². The molecule has 0 saturated carbocycles. The second-order valence-corrected chi connectivity index (χ2v) is 5.75. The smallest absolute Gasteiger partial charge is 0.273 e. The van der Waals surface area contributed by atoms with Gasteiger partial charge in [-0.15, -0.1) is 0 Å². The van der Waals surface area contributed by atoms with E-state index in [0.29, 0.717) is 23.0 Å². The minimum Gasteiger partial charge on any atom is -0.388 e. The molecule has 6 nitrogen and oxygen atoms in total. The molecular weight excluding hydrogens is 282 g/mol. The average Bonchev–Trinajstić information content (AvgIpc) is 2.80. The molecule has 0 spiro atoms. The molecule has 0 radical (unpaired) electrons. The maximum Gasteiger partial charge on any atom is 0.273 e. The second kappa shape index (κ2) is 5.71. The number of ether oxygens (including phenoxy) is 1. The summed E-state index contributed by atoms with van der Waals surface area (Å²) in [5.41, 5.74) is 0.966. The van der Waals surface area contributed by atoms with E-state index in [4.69, 9.17) is 16.3 Å². The number of aryl methyl sites for hydroxylation is 2. The lowest BCUT2D eigenvalue weighted by Gasteiger charge is -2.18. The molecule has 1 amide bonds. The predicted molar refractivity (Wildman–Crippen MR) is 74.9 cm³/mol. The van der Waals surface area contributed by atoms with Crippen molar-refractivity contribution in [1.29, 1.82) is 0 Å². The van der Waals surface area contributed by atoms with Crippen molar-refractivity contribution in [2.24, 2.45) is 7.05 Å². The molecule has 20 heavy (non-hydrogen) atoms. The van der Waals surface area contributed by atoms with Crippen LogP contribution in [-0.4, -0.2) is 57.1 Å². The van der Waals surface area contributed by atoms with Crippen LogP contribution in [0, 0.1) is 6.92 Å². The van der Waals surface area contributed by atoms with Crippen molar-refractivity contribution in [3.8, 4) is 0 Å². The monoisotopic (exact) mass is 301 g/mol. The van der Waals surface area contributed by atoms with Crippen molar-refractivity contribution in [2.75, 3.05) is 13.1 Å². The van der Waals surface area contributed by atoms with Crippen molar-refractivity contribution in [3.63, 3.8) is 0 Å². The van der Waals surface area contributed by atoms with Crippen LogP contribution in [0.1, 0.15) is 30.0 Å². The molecule has 2 rings (SSSR count). The predicted octanol–water partition coefficient (Wildman–Crippen LogP) is 0.992. The minimum absolute atomic E-state index is 0.00670. The quantitative estimate of drug-likeness (QED) is 0.904. The Labute approximate surface area is 123 Å². The molecule has 1 aliphatic rings. The number of β-amino-alcohol motifs (C(OH)–C–C–N with tert-alkyl or cyclic N) is 1. The van der Waals surface area contributed by atoms with Crippen molar-refractivity contribution < 1.29 is 14.6 Å². The minimum atomic E-state index is -0.672. The number of hydrogen-bond acceptors (Lipinski definition) is 4. The van der Waals surface area contributed by atoms with Crippen molar-refractivity contribution >= 4 is 17.5 Å². The van der Waals surface area contributed by atoms with Gasteiger partial charge in [0.1, 0.15) is 11.8 Å². The standard InChI is InChI=1S/C13H20ClN3O3/c1-7(2)20-10-6-17(5-9(10)18)13(19)12-11(14)8(3)15-16(12)4/h7,9-10,18H,5-6H2,1-4H3/t9-,10-/m0/s1. The van der Waals surface area contributed by atoms with Crippen molar-refractivity contribution in [2.45, 2.75) is 39.1 Å². The van der Waals surface area contributed by atoms with Gasteiger partial charge in [-0.2, -0.15) is 5.10 Å². The van der Waals surface area contributed by atoms with Gasteiger partial charge in [0.15, 0.2) is 0 Å². The normalized spacial score (nSPS) is 22.9. The Kier molecular flexibility index (Phi) is 4.36. The van der Waals surface area contributed by atoms with E-state index in [1.807, 2.05) is 13.8 Å². The van der Waals surface area contributed by atoms with Gasteiger partial charge in [-0.25, -0.2) is 0 Å². The molecule has 2 heterocycles.